The third-order valence-electron chi connectivity index (χ3n) is 1.52. The van der Waals surface area contributed by atoms with Crippen molar-refractivity contribution in [2.75, 3.05) is 0 Å². The molecule has 0 heterocycles. The first-order valence-corrected chi connectivity index (χ1v) is 3.59. The van der Waals surface area contributed by atoms with Gasteiger partial charge in [0.15, 0.2) is 0 Å². The standard InChI is InChI=1S/C10H12O/c1-8-3-5-10(6-4-8)7-9(2)11/h3-6H,7H2,1-2H3/i2D. The van der Waals surface area contributed by atoms with Crippen LogP contribution in [0.25, 0.3) is 0 Å². The minimum Gasteiger partial charge on any atom is -0.300 e. The van der Waals surface area contributed by atoms with Gasteiger partial charge in [0.05, 0.1) is 0 Å². The van der Waals surface area contributed by atoms with E-state index < -0.39 is 0 Å². The highest BCUT2D eigenvalue weighted by Crippen LogP contribution is 2.03. The lowest BCUT2D eigenvalue weighted by Gasteiger charge is -1.96. The molecule has 0 spiro atoms. The van der Waals surface area contributed by atoms with Crippen molar-refractivity contribution in [3.63, 3.8) is 0 Å². The van der Waals surface area contributed by atoms with E-state index in [4.69, 9.17) is 1.37 Å². The van der Waals surface area contributed by atoms with E-state index in [1.165, 1.54) is 5.56 Å². The van der Waals surface area contributed by atoms with E-state index in [0.29, 0.717) is 6.42 Å². The van der Waals surface area contributed by atoms with E-state index in [1.54, 1.807) is 0 Å². The summed E-state index contributed by atoms with van der Waals surface area (Å²) >= 11 is 0. The number of carbonyl (C=O) groups is 1. The summed E-state index contributed by atoms with van der Waals surface area (Å²) in [7, 11) is 0. The maximum absolute atomic E-state index is 10.9. The molecule has 58 valence electrons. The Bertz CT molecular complexity index is 264. The molecule has 0 atom stereocenters. The second-order valence-corrected chi connectivity index (χ2v) is 2.70. The van der Waals surface area contributed by atoms with Gasteiger partial charge in [-0.05, 0) is 19.4 Å². The maximum Gasteiger partial charge on any atom is 0.134 e. The van der Waals surface area contributed by atoms with Crippen molar-refractivity contribution in [2.45, 2.75) is 20.2 Å². The second-order valence-electron chi connectivity index (χ2n) is 2.70. The topological polar surface area (TPSA) is 17.1 Å². The predicted molar refractivity (Wildman–Crippen MR) is 45.6 cm³/mol. The van der Waals surface area contributed by atoms with Crippen molar-refractivity contribution < 1.29 is 6.17 Å². The monoisotopic (exact) mass is 149 g/mol. The van der Waals surface area contributed by atoms with E-state index >= 15 is 0 Å². The van der Waals surface area contributed by atoms with Gasteiger partial charge in [-0.15, -0.1) is 0 Å². The SMILES string of the molecule is [2H]CC(=O)Cc1ccc(C)cc1. The smallest absolute Gasteiger partial charge is 0.134 e. The normalized spacial score (nSPS) is 10.8. The number of Topliss-reactive ketones (excluding diaryl/α,β-unsaturated/α-hetero) is 1. The molecule has 1 aromatic rings. The number of aryl methyl sites for hydroxylation is 1. The van der Waals surface area contributed by atoms with Crippen LogP contribution in [0.4, 0.5) is 0 Å². The summed E-state index contributed by atoms with van der Waals surface area (Å²) in [4.78, 5) is 10.9. The molecule has 11 heavy (non-hydrogen) atoms. The Labute approximate surface area is 68.5 Å². The highest BCUT2D eigenvalue weighted by molar-refractivity contribution is 5.78. The second kappa shape index (κ2) is 3.33. The molecule has 1 aromatic carbocycles. The maximum atomic E-state index is 10.9. The van der Waals surface area contributed by atoms with Crippen LogP contribution in [0.1, 0.15) is 19.4 Å². The molecule has 0 radical (unpaired) electrons. The highest BCUT2D eigenvalue weighted by Gasteiger charge is 1.95. The molecule has 0 amide bonds. The summed E-state index contributed by atoms with van der Waals surface area (Å²) in [6.45, 7) is 1.89. The average molecular weight is 149 g/mol. The Morgan fingerprint density at radius 2 is 2.09 bits per heavy atom. The van der Waals surface area contributed by atoms with Crippen LogP contribution >= 0.6 is 0 Å². The Kier molecular flexibility index (Phi) is 2.00. The number of ketones is 1. The van der Waals surface area contributed by atoms with Crippen molar-refractivity contribution in [1.82, 2.24) is 0 Å². The van der Waals surface area contributed by atoms with Gasteiger partial charge in [-0.25, -0.2) is 0 Å². The first-order chi connectivity index (χ1) is 5.72. The molecular formula is C10H12O. The summed E-state index contributed by atoms with van der Waals surface area (Å²) in [5, 5.41) is 0. The molecule has 0 bridgehead atoms. The summed E-state index contributed by atoms with van der Waals surface area (Å²) < 4.78 is 6.85. The van der Waals surface area contributed by atoms with Crippen LogP contribution in [0.2, 0.25) is 0 Å². The van der Waals surface area contributed by atoms with E-state index in [0.717, 1.165) is 5.56 Å². The number of benzene rings is 1. The van der Waals surface area contributed by atoms with Gasteiger partial charge in [0.2, 0.25) is 0 Å². The summed E-state index contributed by atoms with van der Waals surface area (Å²) in [5.41, 5.74) is 2.19. The van der Waals surface area contributed by atoms with E-state index in [-0.39, 0.29) is 12.7 Å². The quantitative estimate of drug-likeness (QED) is 0.629. The van der Waals surface area contributed by atoms with Gasteiger partial charge in [0.1, 0.15) is 5.78 Å². The van der Waals surface area contributed by atoms with Crippen LogP contribution in [0.15, 0.2) is 24.3 Å². The molecule has 0 saturated heterocycles. The number of carbonyl (C=O) groups excluding carboxylic acids is 1. The van der Waals surface area contributed by atoms with Crippen LogP contribution in [-0.2, 0) is 11.2 Å². The Morgan fingerprint density at radius 1 is 1.45 bits per heavy atom. The highest BCUT2D eigenvalue weighted by atomic mass is 16.1. The molecule has 1 heteroatoms. The van der Waals surface area contributed by atoms with Crippen LogP contribution < -0.4 is 0 Å². The minimum absolute atomic E-state index is 0.0288. The molecular weight excluding hydrogens is 136 g/mol. The van der Waals surface area contributed by atoms with Gasteiger partial charge in [0.25, 0.3) is 0 Å². The third-order valence-corrected chi connectivity index (χ3v) is 1.52. The van der Waals surface area contributed by atoms with Crippen molar-refractivity contribution in [2.24, 2.45) is 0 Å². The lowest BCUT2D eigenvalue weighted by molar-refractivity contribution is -0.116. The zero-order valence-corrected chi connectivity index (χ0v) is 6.63. The molecule has 0 aliphatic heterocycles. The van der Waals surface area contributed by atoms with Gasteiger partial charge in [-0.1, -0.05) is 29.8 Å². The average Bonchev–Trinajstić information content (AvgIpc) is 2.09. The van der Waals surface area contributed by atoms with Gasteiger partial charge in [-0.2, -0.15) is 0 Å². The summed E-state index contributed by atoms with van der Waals surface area (Å²) in [6.07, 6.45) is 0.393. The molecule has 0 N–H and O–H groups in total. The van der Waals surface area contributed by atoms with Gasteiger partial charge in [-0.3, -0.25) is 4.79 Å². The largest absolute Gasteiger partial charge is 0.300 e. The molecule has 0 aliphatic rings. The van der Waals surface area contributed by atoms with Crippen molar-refractivity contribution >= 4 is 5.78 Å². The molecule has 0 aliphatic carbocycles. The van der Waals surface area contributed by atoms with Gasteiger partial charge >= 0.3 is 0 Å². The molecule has 0 unspecified atom stereocenters. The fourth-order valence-corrected chi connectivity index (χ4v) is 0.934. The molecule has 0 fully saturated rings. The van der Waals surface area contributed by atoms with Crippen molar-refractivity contribution in [3.05, 3.63) is 35.4 Å². The first-order valence-electron chi connectivity index (χ1n) is 4.29. The van der Waals surface area contributed by atoms with Gasteiger partial charge < -0.3 is 0 Å². The Balaban J connectivity index is 2.64. The summed E-state index contributed by atoms with van der Waals surface area (Å²) in [6, 6.07) is 7.82. The fraction of sp³-hybridized carbons (Fsp3) is 0.300. The van der Waals surface area contributed by atoms with Crippen LogP contribution in [0.3, 0.4) is 0 Å². The predicted octanol–water partition coefficient (Wildman–Crippen LogP) is 2.13. The van der Waals surface area contributed by atoms with Crippen LogP contribution in [-0.4, -0.2) is 5.78 Å². The minimum atomic E-state index is -0.117. The van der Waals surface area contributed by atoms with Crippen LogP contribution in [0.5, 0.6) is 0 Å². The third kappa shape index (κ3) is 2.54. The lowest BCUT2D eigenvalue weighted by Crippen LogP contribution is -1.95. The number of rotatable bonds is 2. The van der Waals surface area contributed by atoms with Crippen molar-refractivity contribution in [3.8, 4) is 0 Å². The first kappa shape index (κ1) is 6.59. The Morgan fingerprint density at radius 3 is 2.64 bits per heavy atom. The Hall–Kier alpha value is -1.11. The number of hydrogen-bond donors (Lipinski definition) is 0. The van der Waals surface area contributed by atoms with E-state index in [2.05, 4.69) is 0 Å². The zero-order valence-electron chi connectivity index (χ0n) is 7.63. The van der Waals surface area contributed by atoms with E-state index in [1.807, 2.05) is 31.2 Å². The molecule has 1 rings (SSSR count). The molecule has 1 nitrogen and oxygen atoms in total. The number of hydrogen-bond acceptors (Lipinski definition) is 1. The van der Waals surface area contributed by atoms with Gasteiger partial charge in [0, 0.05) is 7.79 Å². The van der Waals surface area contributed by atoms with E-state index in [9.17, 15) is 4.79 Å². The zero-order chi connectivity index (χ0) is 8.97. The molecule has 0 aromatic heterocycles. The fourth-order valence-electron chi connectivity index (χ4n) is 0.934. The summed E-state index contributed by atoms with van der Waals surface area (Å²) in [5.74, 6) is -0.0288. The molecule has 0 saturated carbocycles. The van der Waals surface area contributed by atoms with Crippen molar-refractivity contribution in [1.29, 1.82) is 0 Å². The van der Waals surface area contributed by atoms with Crippen LogP contribution in [0, 0.1) is 6.92 Å². The lowest BCUT2D eigenvalue weighted by atomic mass is 10.1.